The van der Waals surface area contributed by atoms with E-state index < -0.39 is 0 Å². The molecule has 6 heteroatoms. The van der Waals surface area contributed by atoms with Gasteiger partial charge in [0, 0.05) is 33.8 Å². The van der Waals surface area contributed by atoms with Crippen LogP contribution in [0.25, 0.3) is 0 Å². The van der Waals surface area contributed by atoms with Gasteiger partial charge < -0.3 is 19.4 Å². The zero-order chi connectivity index (χ0) is 17.2. The number of benzene rings is 1. The molecule has 5 nitrogen and oxygen atoms in total. The van der Waals surface area contributed by atoms with Crippen LogP contribution in [0.1, 0.15) is 23.3 Å². The quantitative estimate of drug-likeness (QED) is 0.284. The smallest absolute Gasteiger partial charge is 0.193 e. The molecule has 0 bridgehead atoms. The first-order valence-corrected chi connectivity index (χ1v) is 8.26. The number of furan rings is 1. The van der Waals surface area contributed by atoms with Crippen molar-refractivity contribution in [2.24, 2.45) is 4.99 Å². The van der Waals surface area contributed by atoms with E-state index in [0.29, 0.717) is 13.2 Å². The summed E-state index contributed by atoms with van der Waals surface area (Å²) in [5.41, 5.74) is 2.55. The van der Waals surface area contributed by atoms with Crippen molar-refractivity contribution in [3.8, 4) is 0 Å². The maximum absolute atomic E-state index is 5.57. The Hall–Kier alpha value is -1.54. The molecule has 1 aromatic carbocycles. The summed E-state index contributed by atoms with van der Waals surface area (Å²) in [6.45, 7) is 4.96. The summed E-state index contributed by atoms with van der Waals surface area (Å²) in [6.07, 6.45) is 2.58. The second-order valence-corrected chi connectivity index (χ2v) is 5.80. The first kappa shape index (κ1) is 21.5. The van der Waals surface area contributed by atoms with E-state index in [9.17, 15) is 0 Å². The lowest BCUT2D eigenvalue weighted by Gasteiger charge is -2.22. The summed E-state index contributed by atoms with van der Waals surface area (Å²) in [5.74, 6) is 1.75. The molecule has 0 aliphatic heterocycles. The van der Waals surface area contributed by atoms with Crippen molar-refractivity contribution in [1.82, 2.24) is 10.2 Å². The van der Waals surface area contributed by atoms with Crippen molar-refractivity contribution in [3.63, 3.8) is 0 Å². The SMILES string of the molecule is CN=C(NCCCOCc1ccco1)N(C)Cc1ccc(C)cc1.I. The predicted octanol–water partition coefficient (Wildman–Crippen LogP) is 3.82. The third-order valence-electron chi connectivity index (χ3n) is 3.69. The number of hydrogen-bond acceptors (Lipinski definition) is 3. The second-order valence-electron chi connectivity index (χ2n) is 5.80. The van der Waals surface area contributed by atoms with E-state index in [1.165, 1.54) is 11.1 Å². The van der Waals surface area contributed by atoms with Gasteiger partial charge in [-0.1, -0.05) is 29.8 Å². The summed E-state index contributed by atoms with van der Waals surface area (Å²) in [6, 6.07) is 12.4. The lowest BCUT2D eigenvalue weighted by molar-refractivity contribution is 0.104. The van der Waals surface area contributed by atoms with E-state index in [4.69, 9.17) is 9.15 Å². The van der Waals surface area contributed by atoms with Crippen molar-refractivity contribution in [2.45, 2.75) is 26.5 Å². The lowest BCUT2D eigenvalue weighted by atomic mass is 10.1. The number of rotatable bonds is 8. The zero-order valence-corrected chi connectivity index (χ0v) is 17.5. The Morgan fingerprint density at radius 3 is 2.64 bits per heavy atom. The van der Waals surface area contributed by atoms with E-state index in [1.807, 2.05) is 19.2 Å². The van der Waals surface area contributed by atoms with Crippen molar-refractivity contribution in [1.29, 1.82) is 0 Å². The van der Waals surface area contributed by atoms with Gasteiger partial charge in [0.1, 0.15) is 12.4 Å². The highest BCUT2D eigenvalue weighted by Gasteiger charge is 2.06. The Labute approximate surface area is 167 Å². The monoisotopic (exact) mass is 457 g/mol. The number of nitrogens with zero attached hydrogens (tertiary/aromatic N) is 2. The number of guanidine groups is 1. The molecular weight excluding hydrogens is 429 g/mol. The Balaban J connectivity index is 0.00000312. The van der Waals surface area contributed by atoms with Gasteiger partial charge in [-0.2, -0.15) is 0 Å². The van der Waals surface area contributed by atoms with Gasteiger partial charge in [0.25, 0.3) is 0 Å². The first-order valence-electron chi connectivity index (χ1n) is 8.26. The Morgan fingerprint density at radius 1 is 1.24 bits per heavy atom. The molecule has 2 rings (SSSR count). The largest absolute Gasteiger partial charge is 0.467 e. The minimum absolute atomic E-state index is 0. The fourth-order valence-corrected chi connectivity index (χ4v) is 2.37. The number of aryl methyl sites for hydroxylation is 1. The molecule has 0 aliphatic carbocycles. The van der Waals surface area contributed by atoms with Gasteiger partial charge in [-0.15, -0.1) is 24.0 Å². The van der Waals surface area contributed by atoms with Crippen LogP contribution in [0.4, 0.5) is 0 Å². The van der Waals surface area contributed by atoms with Gasteiger partial charge in [-0.25, -0.2) is 0 Å². The molecule has 0 unspecified atom stereocenters. The average Bonchev–Trinajstić information content (AvgIpc) is 3.09. The van der Waals surface area contributed by atoms with E-state index in [0.717, 1.165) is 31.2 Å². The molecular formula is C19H28IN3O2. The van der Waals surface area contributed by atoms with Crippen molar-refractivity contribution < 1.29 is 9.15 Å². The third-order valence-corrected chi connectivity index (χ3v) is 3.69. The van der Waals surface area contributed by atoms with E-state index in [-0.39, 0.29) is 24.0 Å². The molecule has 1 N–H and O–H groups in total. The van der Waals surface area contributed by atoms with Gasteiger partial charge in [0.05, 0.1) is 6.26 Å². The number of nitrogens with one attached hydrogen (secondary N) is 1. The molecule has 0 radical (unpaired) electrons. The molecule has 1 aromatic heterocycles. The van der Waals surface area contributed by atoms with Crippen molar-refractivity contribution in [3.05, 3.63) is 59.5 Å². The van der Waals surface area contributed by atoms with Crippen LogP contribution >= 0.6 is 24.0 Å². The van der Waals surface area contributed by atoms with Crippen LogP contribution in [0.5, 0.6) is 0 Å². The highest BCUT2D eigenvalue weighted by atomic mass is 127. The molecule has 0 saturated carbocycles. The van der Waals surface area contributed by atoms with E-state index in [1.54, 1.807) is 13.3 Å². The highest BCUT2D eigenvalue weighted by molar-refractivity contribution is 14.0. The minimum atomic E-state index is 0. The standard InChI is InChI=1S/C19H27N3O2.HI/c1-16-7-9-17(10-8-16)14-22(3)19(20-2)21-11-5-12-23-15-18-6-4-13-24-18;/h4,6-10,13H,5,11-12,14-15H2,1-3H3,(H,20,21);1H. The van der Waals surface area contributed by atoms with E-state index in [2.05, 4.69) is 46.4 Å². The van der Waals surface area contributed by atoms with Crippen LogP contribution in [0.3, 0.4) is 0 Å². The summed E-state index contributed by atoms with van der Waals surface area (Å²) in [7, 11) is 3.85. The van der Waals surface area contributed by atoms with Gasteiger partial charge in [-0.3, -0.25) is 4.99 Å². The zero-order valence-electron chi connectivity index (χ0n) is 15.2. The van der Waals surface area contributed by atoms with Crippen LogP contribution in [0.15, 0.2) is 52.1 Å². The highest BCUT2D eigenvalue weighted by Crippen LogP contribution is 2.06. The van der Waals surface area contributed by atoms with Crippen molar-refractivity contribution in [2.75, 3.05) is 27.2 Å². The predicted molar refractivity (Wildman–Crippen MR) is 112 cm³/mol. The molecule has 0 fully saturated rings. The normalized spacial score (nSPS) is 11.1. The Kier molecular flexibility index (Phi) is 10.3. The van der Waals surface area contributed by atoms with Crippen LogP contribution < -0.4 is 5.32 Å². The molecule has 2 aromatic rings. The van der Waals surface area contributed by atoms with Gasteiger partial charge in [0.2, 0.25) is 0 Å². The molecule has 0 amide bonds. The Morgan fingerprint density at radius 2 is 2.00 bits per heavy atom. The van der Waals surface area contributed by atoms with Gasteiger partial charge in [-0.05, 0) is 31.0 Å². The average molecular weight is 457 g/mol. The van der Waals surface area contributed by atoms with Crippen LogP contribution in [-0.2, 0) is 17.9 Å². The fraction of sp³-hybridized carbons (Fsp3) is 0.421. The van der Waals surface area contributed by atoms with Gasteiger partial charge >= 0.3 is 0 Å². The number of hydrogen-bond donors (Lipinski definition) is 1. The molecule has 1 heterocycles. The fourth-order valence-electron chi connectivity index (χ4n) is 2.37. The molecule has 0 aliphatic rings. The van der Waals surface area contributed by atoms with Crippen LogP contribution in [0, 0.1) is 6.92 Å². The maximum atomic E-state index is 5.57. The summed E-state index contributed by atoms with van der Waals surface area (Å²) in [5, 5.41) is 3.37. The molecule has 0 atom stereocenters. The molecule has 25 heavy (non-hydrogen) atoms. The molecule has 0 spiro atoms. The number of halogens is 1. The second kappa shape index (κ2) is 11.9. The van der Waals surface area contributed by atoms with E-state index >= 15 is 0 Å². The maximum Gasteiger partial charge on any atom is 0.193 e. The third kappa shape index (κ3) is 7.92. The summed E-state index contributed by atoms with van der Waals surface area (Å²) < 4.78 is 10.8. The number of ether oxygens (including phenoxy) is 1. The molecule has 138 valence electrons. The lowest BCUT2D eigenvalue weighted by Crippen LogP contribution is -2.39. The summed E-state index contributed by atoms with van der Waals surface area (Å²) >= 11 is 0. The summed E-state index contributed by atoms with van der Waals surface area (Å²) in [4.78, 5) is 6.46. The topological polar surface area (TPSA) is 50.0 Å². The van der Waals surface area contributed by atoms with Crippen LogP contribution in [-0.4, -0.2) is 38.1 Å². The van der Waals surface area contributed by atoms with Gasteiger partial charge in [0.15, 0.2) is 5.96 Å². The first-order chi connectivity index (χ1) is 11.7. The van der Waals surface area contributed by atoms with Crippen LogP contribution in [0.2, 0.25) is 0 Å². The minimum Gasteiger partial charge on any atom is -0.467 e. The van der Waals surface area contributed by atoms with Crippen molar-refractivity contribution >= 4 is 29.9 Å². The molecule has 0 saturated heterocycles. The number of aliphatic imine (C=N–C) groups is 1. The Bertz CT molecular complexity index is 612.